The van der Waals surface area contributed by atoms with E-state index in [1.807, 2.05) is 0 Å². The van der Waals surface area contributed by atoms with Gasteiger partial charge in [0.25, 0.3) is 0 Å². The molecule has 0 saturated carbocycles. The minimum absolute atomic E-state index is 0.0135. The molecular weight excluding hydrogens is 236 g/mol. The van der Waals surface area contributed by atoms with Crippen LogP contribution in [0.2, 0.25) is 0 Å². The molecular formula is C17H34O2. The van der Waals surface area contributed by atoms with Crippen molar-refractivity contribution >= 4 is 5.97 Å². The second-order valence-electron chi connectivity index (χ2n) is 6.46. The van der Waals surface area contributed by atoms with E-state index in [1.165, 1.54) is 32.1 Å². The SMILES string of the molecule is CC(C)CCCCCCCOC(=O)CCCC(C)C. The largest absolute Gasteiger partial charge is 0.466 e. The van der Waals surface area contributed by atoms with Crippen LogP contribution in [0.5, 0.6) is 0 Å². The molecule has 0 aromatic heterocycles. The Balaban J connectivity index is 3.18. The zero-order valence-corrected chi connectivity index (χ0v) is 13.5. The molecule has 114 valence electrons. The van der Waals surface area contributed by atoms with Crippen molar-refractivity contribution in [1.29, 1.82) is 0 Å². The van der Waals surface area contributed by atoms with Crippen molar-refractivity contribution < 1.29 is 9.53 Å². The smallest absolute Gasteiger partial charge is 0.305 e. The van der Waals surface area contributed by atoms with E-state index in [1.54, 1.807) is 0 Å². The zero-order chi connectivity index (χ0) is 14.5. The first-order valence-electron chi connectivity index (χ1n) is 8.18. The molecule has 0 rings (SSSR count). The van der Waals surface area contributed by atoms with Crippen molar-refractivity contribution in [2.45, 2.75) is 85.5 Å². The van der Waals surface area contributed by atoms with E-state index in [-0.39, 0.29) is 5.97 Å². The standard InChI is InChI=1S/C17H34O2/c1-15(2)11-8-6-5-7-9-14-19-17(18)13-10-12-16(3)4/h15-16H,5-14H2,1-4H3. The van der Waals surface area contributed by atoms with E-state index in [0.717, 1.165) is 25.2 Å². The van der Waals surface area contributed by atoms with E-state index in [9.17, 15) is 4.79 Å². The second kappa shape index (κ2) is 12.5. The fourth-order valence-corrected chi connectivity index (χ4v) is 2.10. The highest BCUT2D eigenvalue weighted by Gasteiger charge is 2.03. The van der Waals surface area contributed by atoms with Gasteiger partial charge in [0, 0.05) is 6.42 Å². The van der Waals surface area contributed by atoms with Gasteiger partial charge in [0.2, 0.25) is 0 Å². The van der Waals surface area contributed by atoms with E-state index in [4.69, 9.17) is 4.74 Å². The van der Waals surface area contributed by atoms with Gasteiger partial charge in [-0.25, -0.2) is 0 Å². The monoisotopic (exact) mass is 270 g/mol. The molecule has 0 unspecified atom stereocenters. The summed E-state index contributed by atoms with van der Waals surface area (Å²) < 4.78 is 5.23. The van der Waals surface area contributed by atoms with Gasteiger partial charge in [-0.15, -0.1) is 0 Å². The van der Waals surface area contributed by atoms with E-state index in [2.05, 4.69) is 27.7 Å². The highest BCUT2D eigenvalue weighted by atomic mass is 16.5. The minimum Gasteiger partial charge on any atom is -0.466 e. The molecule has 2 nitrogen and oxygen atoms in total. The van der Waals surface area contributed by atoms with Gasteiger partial charge >= 0.3 is 5.97 Å². The molecule has 0 spiro atoms. The van der Waals surface area contributed by atoms with Crippen LogP contribution in [0.3, 0.4) is 0 Å². The first kappa shape index (κ1) is 18.5. The lowest BCUT2D eigenvalue weighted by atomic mass is 10.0. The highest BCUT2D eigenvalue weighted by molar-refractivity contribution is 5.69. The molecule has 0 radical (unpaired) electrons. The number of hydrogen-bond donors (Lipinski definition) is 0. The van der Waals surface area contributed by atoms with Crippen molar-refractivity contribution in [1.82, 2.24) is 0 Å². The van der Waals surface area contributed by atoms with Crippen LogP contribution in [0.1, 0.15) is 85.5 Å². The van der Waals surface area contributed by atoms with Gasteiger partial charge in [-0.3, -0.25) is 4.79 Å². The lowest BCUT2D eigenvalue weighted by Crippen LogP contribution is -2.06. The number of hydrogen-bond acceptors (Lipinski definition) is 2. The molecule has 0 aliphatic heterocycles. The number of carbonyl (C=O) groups excluding carboxylic acids is 1. The number of rotatable bonds is 12. The summed E-state index contributed by atoms with van der Waals surface area (Å²) in [7, 11) is 0. The Hall–Kier alpha value is -0.530. The molecule has 0 heterocycles. The number of ether oxygens (including phenoxy) is 1. The topological polar surface area (TPSA) is 26.3 Å². The molecule has 0 aliphatic rings. The average Bonchev–Trinajstić information content (AvgIpc) is 2.31. The van der Waals surface area contributed by atoms with Crippen LogP contribution >= 0.6 is 0 Å². The van der Waals surface area contributed by atoms with Crippen LogP contribution < -0.4 is 0 Å². The van der Waals surface area contributed by atoms with Crippen molar-refractivity contribution in [3.8, 4) is 0 Å². The lowest BCUT2D eigenvalue weighted by Gasteiger charge is -2.06. The number of esters is 1. The first-order valence-corrected chi connectivity index (χ1v) is 8.18. The lowest BCUT2D eigenvalue weighted by molar-refractivity contribution is -0.143. The minimum atomic E-state index is -0.0135. The van der Waals surface area contributed by atoms with Gasteiger partial charge < -0.3 is 4.74 Å². The van der Waals surface area contributed by atoms with E-state index in [0.29, 0.717) is 18.9 Å². The predicted molar refractivity (Wildman–Crippen MR) is 82.2 cm³/mol. The summed E-state index contributed by atoms with van der Waals surface area (Å²) in [4.78, 5) is 11.4. The molecule has 0 atom stereocenters. The molecule has 0 aromatic rings. The second-order valence-corrected chi connectivity index (χ2v) is 6.46. The Bertz CT molecular complexity index is 209. The van der Waals surface area contributed by atoms with Gasteiger partial charge in [0.15, 0.2) is 0 Å². The van der Waals surface area contributed by atoms with Gasteiger partial charge in [0.05, 0.1) is 6.61 Å². The van der Waals surface area contributed by atoms with Crippen LogP contribution in [0.15, 0.2) is 0 Å². The van der Waals surface area contributed by atoms with Crippen LogP contribution in [-0.2, 0) is 9.53 Å². The van der Waals surface area contributed by atoms with E-state index >= 15 is 0 Å². The third-order valence-electron chi connectivity index (χ3n) is 3.35. The third-order valence-corrected chi connectivity index (χ3v) is 3.35. The Labute approximate surface area is 120 Å². The van der Waals surface area contributed by atoms with Gasteiger partial charge in [0.1, 0.15) is 0 Å². The van der Waals surface area contributed by atoms with Crippen molar-refractivity contribution in [2.75, 3.05) is 6.61 Å². The fourth-order valence-electron chi connectivity index (χ4n) is 2.10. The van der Waals surface area contributed by atoms with Gasteiger partial charge in [-0.05, 0) is 24.7 Å². The quantitative estimate of drug-likeness (QED) is 0.353. The third kappa shape index (κ3) is 15.4. The molecule has 0 aliphatic carbocycles. The van der Waals surface area contributed by atoms with Crippen molar-refractivity contribution in [3.63, 3.8) is 0 Å². The summed E-state index contributed by atoms with van der Waals surface area (Å²) in [6.07, 6.45) is 10.2. The van der Waals surface area contributed by atoms with Crippen LogP contribution in [0, 0.1) is 11.8 Å². The summed E-state index contributed by atoms with van der Waals surface area (Å²) >= 11 is 0. The molecule has 19 heavy (non-hydrogen) atoms. The molecule has 0 fully saturated rings. The van der Waals surface area contributed by atoms with Crippen molar-refractivity contribution in [3.05, 3.63) is 0 Å². The normalized spacial score (nSPS) is 11.3. The molecule has 0 bridgehead atoms. The van der Waals surface area contributed by atoms with E-state index < -0.39 is 0 Å². The number of unbranched alkanes of at least 4 members (excludes halogenated alkanes) is 4. The summed E-state index contributed by atoms with van der Waals surface area (Å²) in [6.45, 7) is 9.54. The fraction of sp³-hybridized carbons (Fsp3) is 0.941. The summed E-state index contributed by atoms with van der Waals surface area (Å²) in [5.41, 5.74) is 0. The Morgan fingerprint density at radius 3 is 1.95 bits per heavy atom. The number of carbonyl (C=O) groups is 1. The Morgan fingerprint density at radius 1 is 0.789 bits per heavy atom. The maximum atomic E-state index is 11.4. The first-order chi connectivity index (χ1) is 9.02. The predicted octanol–water partition coefficient (Wildman–Crippen LogP) is 5.35. The highest BCUT2D eigenvalue weighted by Crippen LogP contribution is 2.11. The van der Waals surface area contributed by atoms with Crippen molar-refractivity contribution in [2.24, 2.45) is 11.8 Å². The van der Waals surface area contributed by atoms with Gasteiger partial charge in [-0.2, -0.15) is 0 Å². The molecule has 0 amide bonds. The average molecular weight is 270 g/mol. The molecule has 0 saturated heterocycles. The van der Waals surface area contributed by atoms with Crippen LogP contribution in [0.25, 0.3) is 0 Å². The Morgan fingerprint density at radius 2 is 1.32 bits per heavy atom. The summed E-state index contributed by atoms with van der Waals surface area (Å²) in [5.74, 6) is 1.49. The molecule has 2 heteroatoms. The zero-order valence-electron chi connectivity index (χ0n) is 13.5. The summed E-state index contributed by atoms with van der Waals surface area (Å²) in [6, 6.07) is 0. The summed E-state index contributed by atoms with van der Waals surface area (Å²) in [5, 5.41) is 0. The van der Waals surface area contributed by atoms with Crippen LogP contribution in [-0.4, -0.2) is 12.6 Å². The van der Waals surface area contributed by atoms with Gasteiger partial charge in [-0.1, -0.05) is 66.2 Å². The van der Waals surface area contributed by atoms with Crippen LogP contribution in [0.4, 0.5) is 0 Å². The maximum absolute atomic E-state index is 11.4. The molecule has 0 N–H and O–H groups in total. The maximum Gasteiger partial charge on any atom is 0.305 e. The molecule has 0 aromatic carbocycles. The Kier molecular flexibility index (Phi) is 12.2.